The van der Waals surface area contributed by atoms with Crippen molar-refractivity contribution in [3.63, 3.8) is 0 Å². The zero-order valence-electron chi connectivity index (χ0n) is 14.6. The molecule has 0 radical (unpaired) electrons. The van der Waals surface area contributed by atoms with Gasteiger partial charge in [0.15, 0.2) is 0 Å². The second-order valence-corrected chi connectivity index (χ2v) is 7.03. The lowest BCUT2D eigenvalue weighted by Crippen LogP contribution is -2.34. The van der Waals surface area contributed by atoms with Crippen LogP contribution in [-0.4, -0.2) is 48.4 Å². The third kappa shape index (κ3) is 4.90. The number of carbonyl (C=O) groups excluding carboxylic acids is 1. The number of ether oxygens (including phenoxy) is 1. The summed E-state index contributed by atoms with van der Waals surface area (Å²) in [6.45, 7) is 4.58. The van der Waals surface area contributed by atoms with Gasteiger partial charge in [-0.25, -0.2) is 5.10 Å². The average Bonchev–Trinajstić information content (AvgIpc) is 3.01. The molecule has 9 heteroatoms. The maximum Gasteiger partial charge on any atom is 0.322 e. The van der Waals surface area contributed by atoms with E-state index in [1.807, 2.05) is 25.1 Å². The first-order valence-electron chi connectivity index (χ1n) is 8.71. The number of aromatic nitrogens is 2. The van der Waals surface area contributed by atoms with Crippen LogP contribution in [0.15, 0.2) is 23.0 Å². The van der Waals surface area contributed by atoms with E-state index in [2.05, 4.69) is 26.1 Å². The van der Waals surface area contributed by atoms with E-state index in [9.17, 15) is 9.59 Å². The molecule has 2 aromatic rings. The van der Waals surface area contributed by atoms with Gasteiger partial charge in [0.2, 0.25) is 5.91 Å². The quantitative estimate of drug-likeness (QED) is 0.495. The Balaban J connectivity index is 1.75. The smallest absolute Gasteiger partial charge is 0.322 e. The molecule has 1 saturated heterocycles. The SMILES string of the molecule is CCCNCC(=O)Nc1cc(-c2n[nH]c(=O)s2)ccc1NC[C@@H]1CCO1. The summed E-state index contributed by atoms with van der Waals surface area (Å²) >= 11 is 1.03. The van der Waals surface area contributed by atoms with Crippen molar-refractivity contribution in [2.75, 3.05) is 36.9 Å². The Morgan fingerprint density at radius 1 is 1.42 bits per heavy atom. The highest BCUT2D eigenvalue weighted by Crippen LogP contribution is 2.29. The molecule has 1 atom stereocenters. The highest BCUT2D eigenvalue weighted by atomic mass is 32.1. The van der Waals surface area contributed by atoms with Crippen LogP contribution in [0, 0.1) is 0 Å². The average molecular weight is 377 g/mol. The molecule has 26 heavy (non-hydrogen) atoms. The summed E-state index contributed by atoms with van der Waals surface area (Å²) in [7, 11) is 0. The predicted molar refractivity (Wildman–Crippen MR) is 103 cm³/mol. The summed E-state index contributed by atoms with van der Waals surface area (Å²) in [5.74, 6) is -0.117. The van der Waals surface area contributed by atoms with E-state index in [-0.39, 0.29) is 23.4 Å². The van der Waals surface area contributed by atoms with E-state index in [1.165, 1.54) is 0 Å². The lowest BCUT2D eigenvalue weighted by molar-refractivity contribution is -0.115. The van der Waals surface area contributed by atoms with E-state index in [0.29, 0.717) is 17.2 Å². The number of H-pyrrole nitrogens is 1. The molecule has 0 aliphatic carbocycles. The van der Waals surface area contributed by atoms with Crippen molar-refractivity contribution in [1.82, 2.24) is 15.5 Å². The van der Waals surface area contributed by atoms with Crippen LogP contribution in [0.4, 0.5) is 11.4 Å². The number of aromatic amines is 1. The van der Waals surface area contributed by atoms with E-state index in [1.54, 1.807) is 0 Å². The fourth-order valence-corrected chi connectivity index (χ4v) is 3.13. The van der Waals surface area contributed by atoms with Gasteiger partial charge in [-0.05, 0) is 37.6 Å². The van der Waals surface area contributed by atoms with Gasteiger partial charge in [-0.15, -0.1) is 0 Å². The second kappa shape index (κ2) is 8.93. The van der Waals surface area contributed by atoms with Gasteiger partial charge in [-0.2, -0.15) is 5.10 Å². The van der Waals surface area contributed by atoms with Gasteiger partial charge in [0.05, 0.1) is 24.0 Å². The van der Waals surface area contributed by atoms with E-state index in [4.69, 9.17) is 4.74 Å². The molecule has 1 fully saturated rings. The lowest BCUT2D eigenvalue weighted by atomic mass is 10.1. The van der Waals surface area contributed by atoms with Gasteiger partial charge >= 0.3 is 4.87 Å². The number of nitrogens with zero attached hydrogens (tertiary/aromatic N) is 1. The third-order valence-corrected chi connectivity index (χ3v) is 4.80. The molecule has 2 heterocycles. The molecule has 3 rings (SSSR count). The topological polar surface area (TPSA) is 108 Å². The summed E-state index contributed by atoms with van der Waals surface area (Å²) in [5, 5.41) is 16.3. The van der Waals surface area contributed by atoms with Crippen LogP contribution in [0.1, 0.15) is 19.8 Å². The lowest BCUT2D eigenvalue weighted by Gasteiger charge is -2.27. The van der Waals surface area contributed by atoms with Gasteiger partial charge in [-0.1, -0.05) is 18.3 Å². The highest BCUT2D eigenvalue weighted by molar-refractivity contribution is 7.12. The number of nitrogens with one attached hydrogen (secondary N) is 4. The van der Waals surface area contributed by atoms with E-state index >= 15 is 0 Å². The summed E-state index contributed by atoms with van der Waals surface area (Å²) < 4.78 is 5.43. The summed E-state index contributed by atoms with van der Waals surface area (Å²) in [6, 6.07) is 5.59. The Hall–Kier alpha value is -2.23. The normalized spacial score (nSPS) is 16.1. The van der Waals surface area contributed by atoms with Gasteiger partial charge in [0.25, 0.3) is 0 Å². The maximum absolute atomic E-state index is 12.2. The largest absolute Gasteiger partial charge is 0.381 e. The number of carbonyl (C=O) groups is 1. The van der Waals surface area contributed by atoms with Crippen molar-refractivity contribution < 1.29 is 9.53 Å². The molecule has 1 aromatic carbocycles. The van der Waals surface area contributed by atoms with Crippen molar-refractivity contribution in [3.05, 3.63) is 27.9 Å². The monoisotopic (exact) mass is 377 g/mol. The van der Waals surface area contributed by atoms with Crippen molar-refractivity contribution >= 4 is 28.6 Å². The highest BCUT2D eigenvalue weighted by Gasteiger charge is 2.18. The van der Waals surface area contributed by atoms with Crippen molar-refractivity contribution in [2.45, 2.75) is 25.9 Å². The molecule has 1 amide bonds. The number of rotatable bonds is 9. The van der Waals surface area contributed by atoms with E-state index in [0.717, 1.165) is 48.6 Å². The van der Waals surface area contributed by atoms with Gasteiger partial charge in [0.1, 0.15) is 5.01 Å². The van der Waals surface area contributed by atoms with Crippen LogP contribution >= 0.6 is 11.3 Å². The Morgan fingerprint density at radius 3 is 2.92 bits per heavy atom. The number of hydrogen-bond donors (Lipinski definition) is 4. The number of hydrogen-bond acceptors (Lipinski definition) is 7. The maximum atomic E-state index is 12.2. The van der Waals surface area contributed by atoms with Crippen molar-refractivity contribution in [3.8, 4) is 10.6 Å². The van der Waals surface area contributed by atoms with Crippen molar-refractivity contribution in [1.29, 1.82) is 0 Å². The minimum atomic E-state index is -0.210. The Labute approximate surface area is 155 Å². The standard InChI is InChI=1S/C17H23N5O3S/c1-2-6-18-10-15(23)20-14-8-11(16-21-22-17(24)26-16)3-4-13(14)19-9-12-5-7-25-12/h3-4,8,12,18-19H,2,5-7,9-10H2,1H3,(H,20,23)(H,22,24)/t12-/m0/s1. The third-order valence-electron chi connectivity index (χ3n) is 4.00. The molecule has 1 aromatic heterocycles. The minimum Gasteiger partial charge on any atom is -0.381 e. The van der Waals surface area contributed by atoms with Crippen LogP contribution in [0.5, 0.6) is 0 Å². The molecule has 140 valence electrons. The number of benzene rings is 1. The van der Waals surface area contributed by atoms with Crippen LogP contribution in [0.3, 0.4) is 0 Å². The zero-order chi connectivity index (χ0) is 18.4. The minimum absolute atomic E-state index is 0.117. The molecule has 0 bridgehead atoms. The van der Waals surface area contributed by atoms with Crippen LogP contribution in [0.25, 0.3) is 10.6 Å². The van der Waals surface area contributed by atoms with Crippen LogP contribution in [0.2, 0.25) is 0 Å². The first-order valence-corrected chi connectivity index (χ1v) is 9.53. The van der Waals surface area contributed by atoms with Crippen molar-refractivity contribution in [2.24, 2.45) is 0 Å². The molecule has 1 aliphatic heterocycles. The Bertz CT molecular complexity index is 800. The first-order chi connectivity index (χ1) is 12.7. The molecule has 0 unspecified atom stereocenters. The summed E-state index contributed by atoms with van der Waals surface area (Å²) in [4.78, 5) is 23.3. The van der Waals surface area contributed by atoms with Gasteiger partial charge in [0, 0.05) is 18.7 Å². The van der Waals surface area contributed by atoms with Gasteiger partial charge in [-0.3, -0.25) is 9.59 Å². The number of anilines is 2. The van der Waals surface area contributed by atoms with Crippen LogP contribution < -0.4 is 20.8 Å². The molecule has 8 nitrogen and oxygen atoms in total. The molecule has 4 N–H and O–H groups in total. The Kier molecular flexibility index (Phi) is 6.37. The molecule has 0 spiro atoms. The molecular weight excluding hydrogens is 354 g/mol. The Morgan fingerprint density at radius 2 is 2.27 bits per heavy atom. The number of amides is 1. The summed E-state index contributed by atoms with van der Waals surface area (Å²) in [5.41, 5.74) is 2.25. The zero-order valence-corrected chi connectivity index (χ0v) is 15.4. The predicted octanol–water partition coefficient (Wildman–Crippen LogP) is 1.64. The van der Waals surface area contributed by atoms with Crippen LogP contribution in [-0.2, 0) is 9.53 Å². The summed E-state index contributed by atoms with van der Waals surface area (Å²) in [6.07, 6.45) is 2.21. The fraction of sp³-hybridized carbons (Fsp3) is 0.471. The fourth-order valence-electron chi connectivity index (χ4n) is 2.53. The van der Waals surface area contributed by atoms with E-state index < -0.39 is 0 Å². The van der Waals surface area contributed by atoms with Gasteiger partial charge < -0.3 is 20.7 Å². The first kappa shape index (κ1) is 18.6. The second-order valence-electron chi connectivity index (χ2n) is 6.07. The molecule has 1 aliphatic rings. The molecular formula is C17H23N5O3S. The molecule has 0 saturated carbocycles.